The van der Waals surface area contributed by atoms with Gasteiger partial charge in [-0.1, -0.05) is 25.1 Å². The smallest absolute Gasteiger partial charge is 0.338 e. The second kappa shape index (κ2) is 5.82. The maximum Gasteiger partial charge on any atom is 0.338 e. The number of ether oxygens (including phenoxy) is 1. The Morgan fingerprint density at radius 1 is 1.35 bits per heavy atom. The lowest BCUT2D eigenvalue weighted by atomic mass is 10.0. The molecule has 0 saturated heterocycles. The first kappa shape index (κ1) is 13.7. The fraction of sp³-hybridized carbons (Fsp3) is 0.500. The van der Waals surface area contributed by atoms with E-state index in [1.165, 1.54) is 7.11 Å². The highest BCUT2D eigenvalue weighted by Gasteiger charge is 2.16. The van der Waals surface area contributed by atoms with E-state index in [-0.39, 0.29) is 11.5 Å². The summed E-state index contributed by atoms with van der Waals surface area (Å²) < 4.78 is 4.77. The number of carbonyl (C=O) groups is 1. The summed E-state index contributed by atoms with van der Waals surface area (Å²) in [6, 6.07) is 7.52. The van der Waals surface area contributed by atoms with Crippen molar-refractivity contribution in [2.45, 2.75) is 39.3 Å². The van der Waals surface area contributed by atoms with Crippen molar-refractivity contribution in [2.24, 2.45) is 0 Å². The molecule has 0 aliphatic heterocycles. The quantitative estimate of drug-likeness (QED) is 0.797. The van der Waals surface area contributed by atoms with Crippen molar-refractivity contribution in [3.05, 3.63) is 35.4 Å². The van der Waals surface area contributed by atoms with Gasteiger partial charge in [-0.3, -0.25) is 0 Å². The third kappa shape index (κ3) is 3.86. The third-order valence-electron chi connectivity index (χ3n) is 3.06. The van der Waals surface area contributed by atoms with Gasteiger partial charge >= 0.3 is 5.97 Å². The molecular formula is C14H21NO2. The molecule has 0 atom stereocenters. The Labute approximate surface area is 103 Å². The van der Waals surface area contributed by atoms with E-state index in [1.807, 2.05) is 18.2 Å². The monoisotopic (exact) mass is 235 g/mol. The number of nitrogens with one attached hydrogen (secondary N) is 1. The minimum Gasteiger partial charge on any atom is -0.465 e. The van der Waals surface area contributed by atoms with Crippen LogP contribution < -0.4 is 5.32 Å². The fourth-order valence-electron chi connectivity index (χ4n) is 1.44. The maximum absolute atomic E-state index is 11.6. The van der Waals surface area contributed by atoms with E-state index < -0.39 is 0 Å². The minimum atomic E-state index is -0.281. The first-order valence-electron chi connectivity index (χ1n) is 5.91. The first-order valence-corrected chi connectivity index (χ1v) is 5.91. The zero-order valence-electron chi connectivity index (χ0n) is 11.0. The predicted octanol–water partition coefficient (Wildman–Crippen LogP) is 2.75. The van der Waals surface area contributed by atoms with Gasteiger partial charge in [-0.2, -0.15) is 0 Å². The number of hydrogen-bond acceptors (Lipinski definition) is 3. The zero-order valence-corrected chi connectivity index (χ0v) is 11.0. The van der Waals surface area contributed by atoms with Crippen LogP contribution in [0.5, 0.6) is 0 Å². The van der Waals surface area contributed by atoms with Crippen LogP contribution in [-0.2, 0) is 11.3 Å². The molecule has 3 nitrogen and oxygen atoms in total. The van der Waals surface area contributed by atoms with Gasteiger partial charge < -0.3 is 10.1 Å². The number of methoxy groups -OCH3 is 1. The van der Waals surface area contributed by atoms with E-state index in [4.69, 9.17) is 4.74 Å². The van der Waals surface area contributed by atoms with E-state index in [0.717, 1.165) is 12.0 Å². The molecule has 0 aliphatic rings. The molecule has 3 heteroatoms. The van der Waals surface area contributed by atoms with Gasteiger partial charge in [0.1, 0.15) is 0 Å². The largest absolute Gasteiger partial charge is 0.465 e. The van der Waals surface area contributed by atoms with Crippen LogP contribution in [0.25, 0.3) is 0 Å². The fourth-order valence-corrected chi connectivity index (χ4v) is 1.44. The van der Waals surface area contributed by atoms with Gasteiger partial charge in [0, 0.05) is 12.1 Å². The maximum atomic E-state index is 11.6. The van der Waals surface area contributed by atoms with Crippen LogP contribution in [0.1, 0.15) is 43.1 Å². The standard InChI is InChI=1S/C14H21NO2/c1-5-14(2,3)15-10-11-8-6-7-9-12(11)13(16)17-4/h6-9,15H,5,10H2,1-4H3. The van der Waals surface area contributed by atoms with Gasteiger partial charge in [0.15, 0.2) is 0 Å². The Bertz CT molecular complexity index is 386. The molecule has 0 saturated carbocycles. The van der Waals surface area contributed by atoms with Crippen molar-refractivity contribution < 1.29 is 9.53 Å². The SMILES string of the molecule is CCC(C)(C)NCc1ccccc1C(=O)OC. The average molecular weight is 235 g/mol. The summed E-state index contributed by atoms with van der Waals surface area (Å²) in [5.74, 6) is -0.281. The molecule has 0 radical (unpaired) electrons. The van der Waals surface area contributed by atoms with Crippen molar-refractivity contribution in [1.82, 2.24) is 5.32 Å². The highest BCUT2D eigenvalue weighted by molar-refractivity contribution is 5.90. The van der Waals surface area contributed by atoms with E-state index in [0.29, 0.717) is 12.1 Å². The van der Waals surface area contributed by atoms with Crippen LogP contribution in [-0.4, -0.2) is 18.6 Å². The molecule has 0 amide bonds. The van der Waals surface area contributed by atoms with Crippen LogP contribution >= 0.6 is 0 Å². The lowest BCUT2D eigenvalue weighted by Crippen LogP contribution is -2.38. The highest BCUT2D eigenvalue weighted by Crippen LogP contribution is 2.13. The van der Waals surface area contributed by atoms with Gasteiger partial charge in [0.2, 0.25) is 0 Å². The Hall–Kier alpha value is -1.35. The molecule has 0 fully saturated rings. The molecule has 1 aromatic rings. The first-order chi connectivity index (χ1) is 8.00. The van der Waals surface area contributed by atoms with E-state index in [9.17, 15) is 4.79 Å². The topological polar surface area (TPSA) is 38.3 Å². The summed E-state index contributed by atoms with van der Waals surface area (Å²) in [5.41, 5.74) is 1.68. The number of rotatable bonds is 5. The molecule has 1 aromatic carbocycles. The number of hydrogen-bond donors (Lipinski definition) is 1. The molecular weight excluding hydrogens is 214 g/mol. The van der Waals surface area contributed by atoms with Gasteiger partial charge in [-0.15, -0.1) is 0 Å². The summed E-state index contributed by atoms with van der Waals surface area (Å²) >= 11 is 0. The second-order valence-electron chi connectivity index (χ2n) is 4.74. The molecule has 0 aromatic heterocycles. The minimum absolute atomic E-state index is 0.0726. The Kier molecular flexibility index (Phi) is 4.70. The van der Waals surface area contributed by atoms with E-state index >= 15 is 0 Å². The van der Waals surface area contributed by atoms with E-state index in [1.54, 1.807) is 6.07 Å². The number of carbonyl (C=O) groups excluding carboxylic acids is 1. The van der Waals surface area contributed by atoms with Crippen molar-refractivity contribution >= 4 is 5.97 Å². The molecule has 0 heterocycles. The number of benzene rings is 1. The highest BCUT2D eigenvalue weighted by atomic mass is 16.5. The normalized spacial score (nSPS) is 11.3. The van der Waals surface area contributed by atoms with Crippen molar-refractivity contribution in [1.29, 1.82) is 0 Å². The Morgan fingerprint density at radius 3 is 2.59 bits per heavy atom. The summed E-state index contributed by atoms with van der Waals surface area (Å²) in [7, 11) is 1.41. The second-order valence-corrected chi connectivity index (χ2v) is 4.74. The Balaban J connectivity index is 2.81. The zero-order chi connectivity index (χ0) is 12.9. The van der Waals surface area contributed by atoms with Crippen LogP contribution in [0.4, 0.5) is 0 Å². The van der Waals surface area contributed by atoms with E-state index in [2.05, 4.69) is 26.1 Å². The summed E-state index contributed by atoms with van der Waals surface area (Å²) in [6.07, 6.45) is 1.04. The molecule has 0 aliphatic carbocycles. The lowest BCUT2D eigenvalue weighted by molar-refractivity contribution is 0.0599. The van der Waals surface area contributed by atoms with Crippen molar-refractivity contribution in [3.63, 3.8) is 0 Å². The van der Waals surface area contributed by atoms with Crippen molar-refractivity contribution in [3.8, 4) is 0 Å². The molecule has 0 spiro atoms. The summed E-state index contributed by atoms with van der Waals surface area (Å²) in [4.78, 5) is 11.6. The average Bonchev–Trinajstić information content (AvgIpc) is 2.36. The third-order valence-corrected chi connectivity index (χ3v) is 3.06. The van der Waals surface area contributed by atoms with Crippen LogP contribution in [0.15, 0.2) is 24.3 Å². The molecule has 17 heavy (non-hydrogen) atoms. The van der Waals surface area contributed by atoms with Crippen LogP contribution in [0.3, 0.4) is 0 Å². The van der Waals surface area contributed by atoms with Gasteiger partial charge in [-0.25, -0.2) is 4.79 Å². The lowest BCUT2D eigenvalue weighted by Gasteiger charge is -2.25. The Morgan fingerprint density at radius 2 is 2.00 bits per heavy atom. The molecule has 0 unspecified atom stereocenters. The van der Waals surface area contributed by atoms with Crippen LogP contribution in [0.2, 0.25) is 0 Å². The summed E-state index contributed by atoms with van der Waals surface area (Å²) in [5, 5.41) is 3.44. The predicted molar refractivity (Wildman–Crippen MR) is 69.0 cm³/mol. The molecule has 94 valence electrons. The molecule has 1 N–H and O–H groups in total. The van der Waals surface area contributed by atoms with Crippen molar-refractivity contribution in [2.75, 3.05) is 7.11 Å². The summed E-state index contributed by atoms with van der Waals surface area (Å²) in [6.45, 7) is 7.10. The number of esters is 1. The van der Waals surface area contributed by atoms with Gasteiger partial charge in [0.05, 0.1) is 12.7 Å². The van der Waals surface area contributed by atoms with Crippen LogP contribution in [0, 0.1) is 0 Å². The molecule has 1 rings (SSSR count). The van der Waals surface area contributed by atoms with Gasteiger partial charge in [0.25, 0.3) is 0 Å². The van der Waals surface area contributed by atoms with Gasteiger partial charge in [-0.05, 0) is 31.9 Å². The molecule has 0 bridgehead atoms.